The Morgan fingerprint density at radius 3 is 2.38 bits per heavy atom. The van der Waals surface area contributed by atoms with Gasteiger partial charge in [0, 0.05) is 23.6 Å². The number of hydrogen-bond acceptors (Lipinski definition) is 5. The number of nitrogens with zero attached hydrogens (tertiary/aromatic N) is 4. The molecule has 7 heteroatoms. The maximum atomic E-state index is 10.7. The first-order valence-electron chi connectivity index (χ1n) is 7.47. The van der Waals surface area contributed by atoms with Gasteiger partial charge in [-0.1, -0.05) is 18.2 Å². The Labute approximate surface area is 138 Å². The molecule has 0 aliphatic carbocycles. The summed E-state index contributed by atoms with van der Waals surface area (Å²) in [5, 5.41) is 30.2. The van der Waals surface area contributed by atoms with Gasteiger partial charge in [0.05, 0.1) is 16.1 Å². The Morgan fingerprint density at radius 2 is 1.75 bits per heavy atom. The van der Waals surface area contributed by atoms with Crippen LogP contribution < -0.4 is 0 Å². The molecule has 0 aliphatic rings. The summed E-state index contributed by atoms with van der Waals surface area (Å²) in [6, 6.07) is 13.4. The molecule has 1 heterocycles. The molecule has 24 heavy (non-hydrogen) atoms. The summed E-state index contributed by atoms with van der Waals surface area (Å²) >= 11 is 0. The van der Waals surface area contributed by atoms with Crippen molar-refractivity contribution in [3.63, 3.8) is 0 Å². The van der Waals surface area contributed by atoms with Crippen LogP contribution in [-0.2, 0) is 0 Å². The maximum Gasteiger partial charge on any atom is 0.269 e. The Bertz CT molecular complexity index is 927. The molecule has 3 aromatic rings. The first-order chi connectivity index (χ1) is 11.5. The molecule has 0 saturated heterocycles. The Hall–Kier alpha value is -3.22. The minimum Gasteiger partial charge on any atom is -0.493 e. The molecule has 0 atom stereocenters. The maximum absolute atomic E-state index is 10.7. The smallest absolute Gasteiger partial charge is 0.269 e. The van der Waals surface area contributed by atoms with E-state index in [0.717, 1.165) is 10.9 Å². The average molecular weight is 324 g/mol. The van der Waals surface area contributed by atoms with Crippen LogP contribution in [0.3, 0.4) is 0 Å². The van der Waals surface area contributed by atoms with Crippen molar-refractivity contribution in [2.75, 3.05) is 0 Å². The van der Waals surface area contributed by atoms with Crippen LogP contribution in [0, 0.1) is 10.1 Å². The number of aromatic nitrogens is 1. The zero-order chi connectivity index (χ0) is 17.3. The van der Waals surface area contributed by atoms with Crippen molar-refractivity contribution in [1.29, 1.82) is 0 Å². The van der Waals surface area contributed by atoms with Crippen LogP contribution in [0.4, 0.5) is 17.1 Å². The second kappa shape index (κ2) is 6.11. The van der Waals surface area contributed by atoms with Crippen LogP contribution in [0.25, 0.3) is 10.9 Å². The number of nitro groups is 1. The predicted octanol–water partition coefficient (Wildman–Crippen LogP) is 5.25. The summed E-state index contributed by atoms with van der Waals surface area (Å²) in [5.41, 5.74) is 1.73. The van der Waals surface area contributed by atoms with Gasteiger partial charge in [0.15, 0.2) is 5.69 Å². The molecule has 0 saturated carbocycles. The number of azo groups is 1. The van der Waals surface area contributed by atoms with Crippen molar-refractivity contribution in [3.05, 3.63) is 58.6 Å². The van der Waals surface area contributed by atoms with Gasteiger partial charge >= 0.3 is 0 Å². The Morgan fingerprint density at radius 1 is 1.08 bits per heavy atom. The van der Waals surface area contributed by atoms with E-state index in [1.807, 2.05) is 38.1 Å². The summed E-state index contributed by atoms with van der Waals surface area (Å²) in [7, 11) is 0. The predicted molar refractivity (Wildman–Crippen MR) is 91.3 cm³/mol. The van der Waals surface area contributed by atoms with Crippen LogP contribution in [0.2, 0.25) is 0 Å². The van der Waals surface area contributed by atoms with Gasteiger partial charge in [-0.25, -0.2) is 0 Å². The van der Waals surface area contributed by atoms with E-state index in [4.69, 9.17) is 0 Å². The third-order valence-corrected chi connectivity index (χ3v) is 3.70. The summed E-state index contributed by atoms with van der Waals surface area (Å²) in [6.45, 7) is 3.95. The molecule has 0 radical (unpaired) electrons. The number of nitro benzene ring substituents is 1. The van der Waals surface area contributed by atoms with E-state index < -0.39 is 4.92 Å². The zero-order valence-corrected chi connectivity index (χ0v) is 13.2. The molecule has 1 aromatic heterocycles. The number of fused-ring (bicyclic) bond motifs is 1. The van der Waals surface area contributed by atoms with Crippen LogP contribution in [0.1, 0.15) is 19.9 Å². The lowest BCUT2D eigenvalue weighted by Crippen LogP contribution is -1.98. The van der Waals surface area contributed by atoms with E-state index in [1.54, 1.807) is 4.57 Å². The van der Waals surface area contributed by atoms with Crippen molar-refractivity contribution >= 4 is 28.0 Å². The van der Waals surface area contributed by atoms with Crippen molar-refractivity contribution in [1.82, 2.24) is 4.57 Å². The topological polar surface area (TPSA) is 93.0 Å². The van der Waals surface area contributed by atoms with E-state index in [1.165, 1.54) is 24.3 Å². The van der Waals surface area contributed by atoms with Crippen LogP contribution in [-0.4, -0.2) is 14.6 Å². The lowest BCUT2D eigenvalue weighted by molar-refractivity contribution is -0.384. The fourth-order valence-electron chi connectivity index (χ4n) is 2.60. The molecule has 0 aliphatic heterocycles. The highest BCUT2D eigenvalue weighted by Gasteiger charge is 2.18. The SMILES string of the molecule is CC(C)n1c(O)c(N=Nc2ccc([N+](=O)[O-])cc2)c2ccccc21. The molecule has 122 valence electrons. The highest BCUT2D eigenvalue weighted by Crippen LogP contribution is 2.41. The van der Waals surface area contributed by atoms with Crippen LogP contribution >= 0.6 is 0 Å². The fourth-order valence-corrected chi connectivity index (χ4v) is 2.60. The lowest BCUT2D eigenvalue weighted by Gasteiger charge is -2.10. The van der Waals surface area contributed by atoms with Gasteiger partial charge in [-0.15, -0.1) is 5.11 Å². The van der Waals surface area contributed by atoms with Crippen molar-refractivity contribution in [3.8, 4) is 5.88 Å². The molecule has 3 rings (SSSR count). The fraction of sp³-hybridized carbons (Fsp3) is 0.176. The normalized spacial score (nSPS) is 11.6. The van der Waals surface area contributed by atoms with E-state index in [0.29, 0.717) is 11.4 Å². The van der Waals surface area contributed by atoms with Crippen molar-refractivity contribution in [2.45, 2.75) is 19.9 Å². The van der Waals surface area contributed by atoms with Gasteiger partial charge in [0.2, 0.25) is 5.88 Å². The number of benzene rings is 2. The summed E-state index contributed by atoms with van der Waals surface area (Å²) in [6.07, 6.45) is 0. The third-order valence-electron chi connectivity index (χ3n) is 3.70. The molecular formula is C17H16N4O3. The summed E-state index contributed by atoms with van der Waals surface area (Å²) < 4.78 is 1.79. The molecule has 0 amide bonds. The van der Waals surface area contributed by atoms with E-state index in [9.17, 15) is 15.2 Å². The molecule has 0 spiro atoms. The first kappa shape index (κ1) is 15.7. The highest BCUT2D eigenvalue weighted by atomic mass is 16.6. The molecule has 0 unspecified atom stereocenters. The standard InChI is InChI=1S/C17H16N4O3/c1-11(2)20-15-6-4-3-5-14(15)16(17(20)22)19-18-12-7-9-13(10-8-12)21(23)24/h3-11,22H,1-2H3. The highest BCUT2D eigenvalue weighted by molar-refractivity contribution is 5.95. The third kappa shape index (κ3) is 2.71. The Balaban J connectivity index is 2.03. The van der Waals surface area contributed by atoms with Gasteiger partial charge < -0.3 is 9.67 Å². The zero-order valence-electron chi connectivity index (χ0n) is 13.2. The van der Waals surface area contributed by atoms with Crippen LogP contribution in [0.5, 0.6) is 5.88 Å². The molecule has 0 fully saturated rings. The number of non-ortho nitro benzene ring substituents is 1. The molecule has 2 aromatic carbocycles. The van der Waals surface area contributed by atoms with Gasteiger partial charge in [-0.3, -0.25) is 10.1 Å². The molecule has 1 N–H and O–H groups in total. The van der Waals surface area contributed by atoms with Gasteiger partial charge in [-0.2, -0.15) is 5.11 Å². The number of hydrogen-bond donors (Lipinski definition) is 1. The molecular weight excluding hydrogens is 308 g/mol. The average Bonchev–Trinajstić information content (AvgIpc) is 2.85. The van der Waals surface area contributed by atoms with Crippen molar-refractivity contribution < 1.29 is 10.0 Å². The monoisotopic (exact) mass is 324 g/mol. The Kier molecular flexibility index (Phi) is 3.99. The minimum atomic E-state index is -0.469. The van der Waals surface area contributed by atoms with Crippen molar-refractivity contribution in [2.24, 2.45) is 10.2 Å². The minimum absolute atomic E-state index is 0.00629. The van der Waals surface area contributed by atoms with Gasteiger partial charge in [-0.05, 0) is 32.0 Å². The van der Waals surface area contributed by atoms with Crippen LogP contribution in [0.15, 0.2) is 58.8 Å². The lowest BCUT2D eigenvalue weighted by atomic mass is 10.2. The first-order valence-corrected chi connectivity index (χ1v) is 7.47. The second-order valence-electron chi connectivity index (χ2n) is 5.63. The summed E-state index contributed by atoms with van der Waals surface area (Å²) in [5.74, 6) is 0.0526. The quantitative estimate of drug-likeness (QED) is 0.403. The number of rotatable bonds is 4. The van der Waals surface area contributed by atoms with E-state index in [2.05, 4.69) is 10.2 Å². The summed E-state index contributed by atoms with van der Waals surface area (Å²) in [4.78, 5) is 10.2. The molecule has 7 nitrogen and oxygen atoms in total. The van der Waals surface area contributed by atoms with E-state index in [-0.39, 0.29) is 17.6 Å². The second-order valence-corrected chi connectivity index (χ2v) is 5.63. The number of para-hydroxylation sites is 1. The number of aromatic hydroxyl groups is 1. The van der Waals surface area contributed by atoms with E-state index >= 15 is 0 Å². The van der Waals surface area contributed by atoms with Gasteiger partial charge in [0.25, 0.3) is 5.69 Å². The largest absolute Gasteiger partial charge is 0.493 e. The molecule has 0 bridgehead atoms. The van der Waals surface area contributed by atoms with Gasteiger partial charge in [0.1, 0.15) is 0 Å².